The van der Waals surface area contributed by atoms with Crippen LogP contribution < -0.4 is 11.1 Å². The van der Waals surface area contributed by atoms with Crippen molar-refractivity contribution in [1.82, 2.24) is 5.32 Å². The van der Waals surface area contributed by atoms with E-state index in [-0.39, 0.29) is 6.61 Å². The Bertz CT molecular complexity index is 741. The third-order valence-electron chi connectivity index (χ3n) is 3.30. The van der Waals surface area contributed by atoms with Gasteiger partial charge in [0, 0.05) is 18.5 Å². The SMILES string of the molecule is Cc1cc(C#CCCNC(=O)OCc2ccccc2)cc(Cl)c1N. The average Bonchev–Trinajstić information content (AvgIpc) is 2.58. The first kappa shape index (κ1) is 17.7. The number of ether oxygens (including phenoxy) is 1. The van der Waals surface area contributed by atoms with Crippen molar-refractivity contribution in [3.05, 3.63) is 64.2 Å². The van der Waals surface area contributed by atoms with E-state index in [2.05, 4.69) is 17.2 Å². The van der Waals surface area contributed by atoms with Crippen LogP contribution in [0.15, 0.2) is 42.5 Å². The third-order valence-corrected chi connectivity index (χ3v) is 3.61. The Hall–Kier alpha value is -2.64. The Morgan fingerprint density at radius 1 is 1.29 bits per heavy atom. The lowest BCUT2D eigenvalue weighted by atomic mass is 10.1. The number of hydrogen-bond acceptors (Lipinski definition) is 3. The average molecular weight is 343 g/mol. The second-order valence-electron chi connectivity index (χ2n) is 5.23. The van der Waals surface area contributed by atoms with Crippen LogP contribution in [0, 0.1) is 18.8 Å². The van der Waals surface area contributed by atoms with Crippen LogP contribution in [-0.4, -0.2) is 12.6 Å². The van der Waals surface area contributed by atoms with Crippen LogP contribution in [0.4, 0.5) is 10.5 Å². The maximum atomic E-state index is 11.6. The largest absolute Gasteiger partial charge is 0.445 e. The number of carbonyl (C=O) groups is 1. The van der Waals surface area contributed by atoms with Crippen molar-refractivity contribution in [2.75, 3.05) is 12.3 Å². The molecule has 1 amide bonds. The van der Waals surface area contributed by atoms with Crippen molar-refractivity contribution >= 4 is 23.4 Å². The van der Waals surface area contributed by atoms with Gasteiger partial charge in [0.1, 0.15) is 6.61 Å². The van der Waals surface area contributed by atoms with Gasteiger partial charge in [0.05, 0.1) is 10.7 Å². The lowest BCUT2D eigenvalue weighted by Crippen LogP contribution is -2.24. The van der Waals surface area contributed by atoms with Gasteiger partial charge in [0.2, 0.25) is 0 Å². The van der Waals surface area contributed by atoms with E-state index in [1.807, 2.05) is 43.3 Å². The van der Waals surface area contributed by atoms with E-state index in [9.17, 15) is 4.79 Å². The third kappa shape index (κ3) is 5.53. The summed E-state index contributed by atoms with van der Waals surface area (Å²) in [6, 6.07) is 13.1. The predicted molar refractivity (Wildman–Crippen MR) is 96.7 cm³/mol. The van der Waals surface area contributed by atoms with Crippen molar-refractivity contribution in [2.24, 2.45) is 0 Å². The Morgan fingerprint density at radius 3 is 2.75 bits per heavy atom. The molecule has 0 atom stereocenters. The van der Waals surface area contributed by atoms with Gasteiger partial charge in [0.15, 0.2) is 0 Å². The van der Waals surface area contributed by atoms with Gasteiger partial charge in [-0.05, 0) is 30.2 Å². The molecule has 0 saturated heterocycles. The molecule has 0 fully saturated rings. The highest BCUT2D eigenvalue weighted by atomic mass is 35.5. The normalized spacial score (nSPS) is 9.75. The molecule has 0 saturated carbocycles. The molecule has 0 aliphatic rings. The maximum absolute atomic E-state index is 11.6. The van der Waals surface area contributed by atoms with Crippen molar-refractivity contribution in [2.45, 2.75) is 20.0 Å². The Kier molecular flexibility index (Phi) is 6.53. The number of benzene rings is 2. The number of alkyl carbamates (subject to hydrolysis) is 1. The van der Waals surface area contributed by atoms with Crippen LogP contribution >= 0.6 is 11.6 Å². The van der Waals surface area contributed by atoms with E-state index in [4.69, 9.17) is 22.1 Å². The second-order valence-corrected chi connectivity index (χ2v) is 5.64. The van der Waals surface area contributed by atoms with Gasteiger partial charge < -0.3 is 15.8 Å². The summed E-state index contributed by atoms with van der Waals surface area (Å²) in [5, 5.41) is 3.16. The first-order valence-corrected chi connectivity index (χ1v) is 7.93. The highest BCUT2D eigenvalue weighted by Gasteiger charge is 2.02. The smallest absolute Gasteiger partial charge is 0.407 e. The number of nitrogen functional groups attached to an aromatic ring is 1. The fraction of sp³-hybridized carbons (Fsp3) is 0.211. The summed E-state index contributed by atoms with van der Waals surface area (Å²) in [4.78, 5) is 11.6. The van der Waals surface area contributed by atoms with Gasteiger partial charge in [-0.2, -0.15) is 0 Å². The molecule has 2 aromatic rings. The number of rotatable bonds is 4. The van der Waals surface area contributed by atoms with Crippen LogP contribution in [0.25, 0.3) is 0 Å². The van der Waals surface area contributed by atoms with E-state index in [0.29, 0.717) is 23.7 Å². The zero-order valence-electron chi connectivity index (χ0n) is 13.4. The van der Waals surface area contributed by atoms with E-state index < -0.39 is 6.09 Å². The van der Waals surface area contributed by atoms with E-state index in [1.54, 1.807) is 6.07 Å². The summed E-state index contributed by atoms with van der Waals surface area (Å²) in [6.07, 6.45) is 0.0635. The van der Waals surface area contributed by atoms with Gasteiger partial charge in [-0.3, -0.25) is 0 Å². The Balaban J connectivity index is 1.72. The molecule has 0 unspecified atom stereocenters. The topological polar surface area (TPSA) is 64.3 Å². The van der Waals surface area contributed by atoms with Gasteiger partial charge in [0.25, 0.3) is 0 Å². The number of nitrogens with one attached hydrogen (secondary N) is 1. The summed E-state index contributed by atoms with van der Waals surface area (Å²) in [6.45, 7) is 2.56. The van der Waals surface area contributed by atoms with Gasteiger partial charge in [-0.25, -0.2) is 4.79 Å². The van der Waals surface area contributed by atoms with Gasteiger partial charge >= 0.3 is 6.09 Å². The Labute approximate surface area is 147 Å². The van der Waals surface area contributed by atoms with Crippen molar-refractivity contribution in [3.8, 4) is 11.8 Å². The van der Waals surface area contributed by atoms with Crippen LogP contribution in [0.3, 0.4) is 0 Å². The lowest BCUT2D eigenvalue weighted by Gasteiger charge is -2.05. The van der Waals surface area contributed by atoms with Crippen molar-refractivity contribution in [1.29, 1.82) is 0 Å². The molecule has 0 aromatic heterocycles. The number of carbonyl (C=O) groups excluding carboxylic acids is 1. The molecule has 2 rings (SSSR count). The summed E-state index contributed by atoms with van der Waals surface area (Å²) in [7, 11) is 0. The summed E-state index contributed by atoms with van der Waals surface area (Å²) in [5.74, 6) is 5.99. The molecule has 124 valence electrons. The maximum Gasteiger partial charge on any atom is 0.407 e. The fourth-order valence-electron chi connectivity index (χ4n) is 1.99. The first-order valence-electron chi connectivity index (χ1n) is 7.55. The highest BCUT2D eigenvalue weighted by Crippen LogP contribution is 2.23. The molecular formula is C19H19ClN2O2. The van der Waals surface area contributed by atoms with Crippen LogP contribution in [-0.2, 0) is 11.3 Å². The van der Waals surface area contributed by atoms with Gasteiger partial charge in [-0.1, -0.05) is 53.8 Å². The van der Waals surface area contributed by atoms with E-state index >= 15 is 0 Å². The van der Waals surface area contributed by atoms with Gasteiger partial charge in [-0.15, -0.1) is 0 Å². The molecule has 0 aliphatic heterocycles. The number of nitrogens with two attached hydrogens (primary N) is 1. The number of aryl methyl sites for hydroxylation is 1. The molecule has 0 bridgehead atoms. The fourth-order valence-corrected chi connectivity index (χ4v) is 2.26. The van der Waals surface area contributed by atoms with E-state index in [0.717, 1.165) is 16.7 Å². The highest BCUT2D eigenvalue weighted by molar-refractivity contribution is 6.33. The number of halogens is 1. The van der Waals surface area contributed by atoms with E-state index in [1.165, 1.54) is 0 Å². The minimum absolute atomic E-state index is 0.252. The summed E-state index contributed by atoms with van der Waals surface area (Å²) in [5.41, 5.74) is 9.01. The standard InChI is InChI=1S/C19H19ClN2O2/c1-14-11-16(12-17(20)18(14)21)9-5-6-10-22-19(23)24-13-15-7-3-2-4-8-15/h2-4,7-8,11-12H,6,10,13,21H2,1H3,(H,22,23). The quantitative estimate of drug-likeness (QED) is 0.503. The zero-order valence-corrected chi connectivity index (χ0v) is 14.2. The molecule has 0 heterocycles. The molecule has 0 spiro atoms. The Morgan fingerprint density at radius 2 is 2.04 bits per heavy atom. The van der Waals surface area contributed by atoms with Crippen LogP contribution in [0.2, 0.25) is 5.02 Å². The monoisotopic (exact) mass is 342 g/mol. The van der Waals surface area contributed by atoms with Crippen molar-refractivity contribution in [3.63, 3.8) is 0 Å². The number of amides is 1. The summed E-state index contributed by atoms with van der Waals surface area (Å²) < 4.78 is 5.11. The predicted octanol–water partition coefficient (Wildman–Crippen LogP) is 3.90. The van der Waals surface area contributed by atoms with Crippen molar-refractivity contribution < 1.29 is 9.53 Å². The molecular weight excluding hydrogens is 324 g/mol. The minimum atomic E-state index is -0.452. The molecule has 24 heavy (non-hydrogen) atoms. The molecule has 4 nitrogen and oxygen atoms in total. The number of hydrogen-bond donors (Lipinski definition) is 2. The summed E-state index contributed by atoms with van der Waals surface area (Å²) >= 11 is 6.02. The number of anilines is 1. The van der Waals surface area contributed by atoms with Crippen LogP contribution in [0.5, 0.6) is 0 Å². The minimum Gasteiger partial charge on any atom is -0.445 e. The van der Waals surface area contributed by atoms with Crippen LogP contribution in [0.1, 0.15) is 23.1 Å². The molecule has 0 radical (unpaired) electrons. The molecule has 3 N–H and O–H groups in total. The lowest BCUT2D eigenvalue weighted by molar-refractivity contribution is 0.140. The molecule has 5 heteroatoms. The second kappa shape index (κ2) is 8.85. The molecule has 0 aliphatic carbocycles. The first-order chi connectivity index (χ1) is 11.6. The zero-order chi connectivity index (χ0) is 17.4. The molecule has 2 aromatic carbocycles.